The van der Waals surface area contributed by atoms with E-state index in [-0.39, 0.29) is 0 Å². The van der Waals surface area contributed by atoms with Crippen LogP contribution >= 0.6 is 31.9 Å². The van der Waals surface area contributed by atoms with Gasteiger partial charge in [0.05, 0.1) is 15.6 Å². The number of unbranched alkanes of at least 4 members (excludes halogenated alkanes) is 1. The highest BCUT2D eigenvalue weighted by Crippen LogP contribution is 2.34. The number of halogens is 2. The summed E-state index contributed by atoms with van der Waals surface area (Å²) in [5.74, 6) is 0.880. The molecule has 108 valence electrons. The molecule has 0 aliphatic carbocycles. The minimum Gasteiger partial charge on any atom is -0.492 e. The topological polar surface area (TPSA) is 21.3 Å². The van der Waals surface area contributed by atoms with Crippen LogP contribution in [0.25, 0.3) is 0 Å². The standard InChI is InChI=1S/C15H23Br2NO/c1-4-6-7-11(3)18-10-12-8-13(16)15(19-5-2)14(17)9-12/h8-9,11,18H,4-7,10H2,1-3H3. The van der Waals surface area contributed by atoms with Crippen LogP contribution in [-0.2, 0) is 6.54 Å². The van der Waals surface area contributed by atoms with Crippen molar-refractivity contribution < 1.29 is 4.74 Å². The zero-order valence-electron chi connectivity index (χ0n) is 11.9. The molecule has 0 bridgehead atoms. The average Bonchev–Trinajstić information content (AvgIpc) is 2.38. The summed E-state index contributed by atoms with van der Waals surface area (Å²) in [4.78, 5) is 0. The van der Waals surface area contributed by atoms with Gasteiger partial charge in [-0.15, -0.1) is 0 Å². The maximum Gasteiger partial charge on any atom is 0.147 e. The summed E-state index contributed by atoms with van der Waals surface area (Å²) in [5.41, 5.74) is 1.26. The van der Waals surface area contributed by atoms with Gasteiger partial charge < -0.3 is 10.1 Å². The molecule has 0 aliphatic rings. The maximum atomic E-state index is 5.59. The molecule has 1 N–H and O–H groups in total. The van der Waals surface area contributed by atoms with Crippen LogP contribution in [0.5, 0.6) is 5.75 Å². The molecule has 2 nitrogen and oxygen atoms in total. The summed E-state index contributed by atoms with van der Waals surface area (Å²) in [5, 5.41) is 3.56. The van der Waals surface area contributed by atoms with Gasteiger partial charge >= 0.3 is 0 Å². The van der Waals surface area contributed by atoms with Crippen LogP contribution in [0.3, 0.4) is 0 Å². The predicted molar refractivity (Wildman–Crippen MR) is 88.8 cm³/mol. The molecule has 1 aromatic carbocycles. The van der Waals surface area contributed by atoms with Crippen molar-refractivity contribution in [3.8, 4) is 5.75 Å². The van der Waals surface area contributed by atoms with E-state index in [1.165, 1.54) is 24.8 Å². The van der Waals surface area contributed by atoms with Crippen LogP contribution in [-0.4, -0.2) is 12.6 Å². The molecular weight excluding hydrogens is 370 g/mol. The van der Waals surface area contributed by atoms with Crippen LogP contribution in [0.15, 0.2) is 21.1 Å². The number of hydrogen-bond acceptors (Lipinski definition) is 2. The van der Waals surface area contributed by atoms with Gasteiger partial charge in [-0.25, -0.2) is 0 Å². The highest BCUT2D eigenvalue weighted by atomic mass is 79.9. The van der Waals surface area contributed by atoms with Crippen LogP contribution in [0.2, 0.25) is 0 Å². The fraction of sp³-hybridized carbons (Fsp3) is 0.600. The van der Waals surface area contributed by atoms with E-state index in [1.54, 1.807) is 0 Å². The van der Waals surface area contributed by atoms with Gasteiger partial charge in [0, 0.05) is 12.6 Å². The number of hydrogen-bond donors (Lipinski definition) is 1. The lowest BCUT2D eigenvalue weighted by Gasteiger charge is -2.15. The molecule has 0 aromatic heterocycles. The van der Waals surface area contributed by atoms with Crippen molar-refractivity contribution in [3.05, 3.63) is 26.6 Å². The Morgan fingerprint density at radius 3 is 2.37 bits per heavy atom. The van der Waals surface area contributed by atoms with E-state index in [2.05, 4.69) is 63.2 Å². The van der Waals surface area contributed by atoms with Crippen LogP contribution in [0, 0.1) is 0 Å². The molecule has 0 saturated carbocycles. The Hall–Kier alpha value is -0.0600. The predicted octanol–water partition coefficient (Wildman–Crippen LogP) is 5.28. The van der Waals surface area contributed by atoms with E-state index in [4.69, 9.17) is 4.74 Å². The van der Waals surface area contributed by atoms with Crippen molar-refractivity contribution in [3.63, 3.8) is 0 Å². The number of ether oxygens (including phenoxy) is 1. The monoisotopic (exact) mass is 391 g/mol. The SMILES string of the molecule is CCCCC(C)NCc1cc(Br)c(OCC)c(Br)c1. The van der Waals surface area contributed by atoms with E-state index in [9.17, 15) is 0 Å². The van der Waals surface area contributed by atoms with Crippen molar-refractivity contribution in [1.82, 2.24) is 5.32 Å². The normalized spacial score (nSPS) is 12.5. The first-order chi connectivity index (χ1) is 9.08. The summed E-state index contributed by atoms with van der Waals surface area (Å²) < 4.78 is 7.59. The molecule has 0 amide bonds. The molecular formula is C15H23Br2NO. The van der Waals surface area contributed by atoms with Crippen molar-refractivity contribution in [2.75, 3.05) is 6.61 Å². The van der Waals surface area contributed by atoms with E-state index < -0.39 is 0 Å². The molecule has 1 atom stereocenters. The molecule has 0 saturated heterocycles. The van der Waals surface area contributed by atoms with Gasteiger partial charge in [-0.3, -0.25) is 0 Å². The Labute approximate surface area is 133 Å². The fourth-order valence-corrected chi connectivity index (χ4v) is 3.41. The van der Waals surface area contributed by atoms with Gasteiger partial charge in [-0.1, -0.05) is 19.8 Å². The quantitative estimate of drug-likeness (QED) is 0.649. The van der Waals surface area contributed by atoms with Gasteiger partial charge in [-0.05, 0) is 69.8 Å². The largest absolute Gasteiger partial charge is 0.492 e. The highest BCUT2D eigenvalue weighted by Gasteiger charge is 2.09. The summed E-state index contributed by atoms with van der Waals surface area (Å²) in [6.07, 6.45) is 3.77. The zero-order valence-corrected chi connectivity index (χ0v) is 15.1. The minimum absolute atomic E-state index is 0.559. The number of nitrogens with one attached hydrogen (secondary N) is 1. The van der Waals surface area contributed by atoms with Crippen molar-refractivity contribution in [2.24, 2.45) is 0 Å². The first-order valence-corrected chi connectivity index (χ1v) is 8.51. The molecule has 0 radical (unpaired) electrons. The average molecular weight is 393 g/mol. The molecule has 0 spiro atoms. The van der Waals surface area contributed by atoms with Crippen LogP contribution in [0.1, 0.15) is 45.6 Å². The van der Waals surface area contributed by atoms with Gasteiger partial charge in [0.2, 0.25) is 0 Å². The third-order valence-corrected chi connectivity index (χ3v) is 4.17. The molecule has 1 aromatic rings. The Bertz CT molecular complexity index is 373. The van der Waals surface area contributed by atoms with Crippen molar-refractivity contribution in [1.29, 1.82) is 0 Å². The summed E-state index contributed by atoms with van der Waals surface area (Å²) in [6, 6.07) is 4.80. The Morgan fingerprint density at radius 2 is 1.84 bits per heavy atom. The third-order valence-electron chi connectivity index (χ3n) is 2.99. The van der Waals surface area contributed by atoms with Gasteiger partial charge in [0.1, 0.15) is 5.75 Å². The van der Waals surface area contributed by atoms with Crippen molar-refractivity contribution >= 4 is 31.9 Å². The van der Waals surface area contributed by atoms with E-state index in [1.807, 2.05) is 6.92 Å². The van der Waals surface area contributed by atoms with E-state index >= 15 is 0 Å². The first kappa shape index (κ1) is 17.0. The van der Waals surface area contributed by atoms with Gasteiger partial charge in [-0.2, -0.15) is 0 Å². The molecule has 1 unspecified atom stereocenters. The maximum absolute atomic E-state index is 5.59. The highest BCUT2D eigenvalue weighted by molar-refractivity contribution is 9.11. The van der Waals surface area contributed by atoms with Crippen LogP contribution in [0.4, 0.5) is 0 Å². The minimum atomic E-state index is 0.559. The molecule has 19 heavy (non-hydrogen) atoms. The second kappa shape index (κ2) is 8.98. The molecule has 0 fully saturated rings. The summed E-state index contributed by atoms with van der Waals surface area (Å²) in [6.45, 7) is 8.02. The molecule has 0 heterocycles. The summed E-state index contributed by atoms with van der Waals surface area (Å²) >= 11 is 7.13. The fourth-order valence-electron chi connectivity index (χ4n) is 1.90. The smallest absolute Gasteiger partial charge is 0.147 e. The summed E-state index contributed by atoms with van der Waals surface area (Å²) in [7, 11) is 0. The van der Waals surface area contributed by atoms with Gasteiger partial charge in [0.15, 0.2) is 0 Å². The van der Waals surface area contributed by atoms with Crippen LogP contribution < -0.4 is 10.1 Å². The zero-order chi connectivity index (χ0) is 14.3. The lowest BCUT2D eigenvalue weighted by atomic mass is 10.1. The van der Waals surface area contributed by atoms with E-state index in [0.717, 1.165) is 21.2 Å². The first-order valence-electron chi connectivity index (χ1n) is 6.92. The molecule has 1 rings (SSSR count). The Balaban J connectivity index is 2.60. The Morgan fingerprint density at radius 1 is 1.21 bits per heavy atom. The molecule has 0 aliphatic heterocycles. The number of benzene rings is 1. The second-order valence-electron chi connectivity index (χ2n) is 4.75. The van der Waals surface area contributed by atoms with E-state index in [0.29, 0.717) is 12.6 Å². The van der Waals surface area contributed by atoms with Gasteiger partial charge in [0.25, 0.3) is 0 Å². The second-order valence-corrected chi connectivity index (χ2v) is 6.45. The third kappa shape index (κ3) is 5.84. The lowest BCUT2D eigenvalue weighted by molar-refractivity contribution is 0.336. The molecule has 4 heteroatoms. The van der Waals surface area contributed by atoms with Crippen molar-refractivity contribution in [2.45, 2.75) is 52.6 Å². The number of rotatable bonds is 8. The lowest BCUT2D eigenvalue weighted by Crippen LogP contribution is -2.25. The Kier molecular flexibility index (Phi) is 8.03.